The molecule has 6 heteroatoms. The van der Waals surface area contributed by atoms with Gasteiger partial charge in [0.05, 0.1) is 5.69 Å². The fourth-order valence-corrected chi connectivity index (χ4v) is 4.15. The summed E-state index contributed by atoms with van der Waals surface area (Å²) in [6, 6.07) is 7.94. The lowest BCUT2D eigenvalue weighted by Gasteiger charge is -2.13. The van der Waals surface area contributed by atoms with Crippen LogP contribution in [0.2, 0.25) is 0 Å². The summed E-state index contributed by atoms with van der Waals surface area (Å²) in [4.78, 5) is 20.1. The number of amides is 1. The van der Waals surface area contributed by atoms with Crippen molar-refractivity contribution in [2.24, 2.45) is 0 Å². The summed E-state index contributed by atoms with van der Waals surface area (Å²) >= 11 is 1.42. The van der Waals surface area contributed by atoms with E-state index < -0.39 is 0 Å². The van der Waals surface area contributed by atoms with E-state index in [-0.39, 0.29) is 5.91 Å². The van der Waals surface area contributed by atoms with E-state index in [0.717, 1.165) is 42.4 Å². The molecule has 1 aliphatic heterocycles. The largest absolute Gasteiger partial charge is 0.486 e. The lowest BCUT2D eigenvalue weighted by Crippen LogP contribution is -2.26. The molecule has 1 fully saturated rings. The number of unbranched alkanes of at least 4 members (excludes halogenated alkanes) is 1. The Morgan fingerprint density at radius 3 is 2.67 bits per heavy atom. The fraction of sp³-hybridized carbons (Fsp3) is 0.524. The van der Waals surface area contributed by atoms with Crippen LogP contribution in [0.4, 0.5) is 0 Å². The van der Waals surface area contributed by atoms with Gasteiger partial charge in [0.2, 0.25) is 0 Å². The van der Waals surface area contributed by atoms with Gasteiger partial charge in [-0.1, -0.05) is 17.7 Å². The molecule has 1 aromatic carbocycles. The van der Waals surface area contributed by atoms with Gasteiger partial charge >= 0.3 is 0 Å². The third-order valence-corrected chi connectivity index (χ3v) is 5.95. The number of likely N-dealkylation sites (tertiary alicyclic amines) is 1. The van der Waals surface area contributed by atoms with Crippen molar-refractivity contribution in [3.63, 3.8) is 0 Å². The van der Waals surface area contributed by atoms with Crippen molar-refractivity contribution in [3.8, 4) is 5.75 Å². The second-order valence-corrected chi connectivity index (χ2v) is 8.22. The molecule has 3 rings (SSSR count). The van der Waals surface area contributed by atoms with E-state index in [1.807, 2.05) is 38.1 Å². The van der Waals surface area contributed by atoms with Crippen LogP contribution in [0.5, 0.6) is 5.75 Å². The average molecular weight is 388 g/mol. The second-order valence-electron chi connectivity index (χ2n) is 7.14. The van der Waals surface area contributed by atoms with E-state index in [2.05, 4.69) is 15.2 Å². The maximum absolute atomic E-state index is 12.4. The van der Waals surface area contributed by atoms with Gasteiger partial charge in [0.15, 0.2) is 0 Å². The molecule has 1 aromatic heterocycles. The highest BCUT2D eigenvalue weighted by molar-refractivity contribution is 7.13. The first-order chi connectivity index (χ1) is 13.1. The number of carbonyl (C=O) groups is 1. The molecule has 146 valence electrons. The highest BCUT2D eigenvalue weighted by Gasteiger charge is 2.15. The highest BCUT2D eigenvalue weighted by Crippen LogP contribution is 2.20. The highest BCUT2D eigenvalue weighted by atomic mass is 32.1. The van der Waals surface area contributed by atoms with Crippen LogP contribution in [0.1, 0.15) is 51.6 Å². The van der Waals surface area contributed by atoms with Crippen molar-refractivity contribution in [1.29, 1.82) is 0 Å². The van der Waals surface area contributed by atoms with Crippen molar-refractivity contribution in [3.05, 3.63) is 45.4 Å². The molecule has 0 bridgehead atoms. The van der Waals surface area contributed by atoms with Crippen LogP contribution in [-0.4, -0.2) is 42.0 Å². The van der Waals surface area contributed by atoms with Gasteiger partial charge in [-0.25, -0.2) is 4.98 Å². The van der Waals surface area contributed by atoms with Crippen molar-refractivity contribution in [2.75, 3.05) is 26.2 Å². The van der Waals surface area contributed by atoms with E-state index in [1.165, 1.54) is 42.8 Å². The third kappa shape index (κ3) is 6.04. The van der Waals surface area contributed by atoms with Crippen LogP contribution >= 0.6 is 11.3 Å². The molecule has 0 radical (unpaired) electrons. The minimum Gasteiger partial charge on any atom is -0.486 e. The maximum atomic E-state index is 12.4. The van der Waals surface area contributed by atoms with Gasteiger partial charge in [-0.2, -0.15) is 0 Å². The Labute approximate surface area is 165 Å². The third-order valence-electron chi connectivity index (χ3n) is 4.82. The zero-order valence-electron chi connectivity index (χ0n) is 16.3. The van der Waals surface area contributed by atoms with Crippen LogP contribution in [0.15, 0.2) is 24.3 Å². The lowest BCUT2D eigenvalue weighted by molar-refractivity contribution is 0.0956. The van der Waals surface area contributed by atoms with E-state index >= 15 is 0 Å². The topological polar surface area (TPSA) is 54.5 Å². The van der Waals surface area contributed by atoms with Gasteiger partial charge in [0.25, 0.3) is 5.91 Å². The molecule has 27 heavy (non-hydrogen) atoms. The number of hydrogen-bond acceptors (Lipinski definition) is 5. The average Bonchev–Trinajstić information content (AvgIpc) is 3.30. The smallest absolute Gasteiger partial charge is 0.263 e. The summed E-state index contributed by atoms with van der Waals surface area (Å²) in [5, 5.41) is 3.86. The van der Waals surface area contributed by atoms with Crippen LogP contribution in [0.3, 0.4) is 0 Å². The molecule has 0 unspecified atom stereocenters. The minimum atomic E-state index is -0.0206. The van der Waals surface area contributed by atoms with Crippen LogP contribution in [0.25, 0.3) is 0 Å². The molecule has 2 heterocycles. The molecular formula is C21H29N3O2S. The number of thiazole rings is 1. The SMILES string of the molecule is Cc1ccc(OCc2nc(C)c(C(=O)NCCCCN3CCCC3)s2)cc1. The van der Waals surface area contributed by atoms with Gasteiger partial charge in [-0.15, -0.1) is 11.3 Å². The predicted octanol–water partition coefficient (Wildman–Crippen LogP) is 3.94. The molecule has 2 aromatic rings. The van der Waals surface area contributed by atoms with Crippen molar-refractivity contribution < 1.29 is 9.53 Å². The van der Waals surface area contributed by atoms with E-state index in [0.29, 0.717) is 11.5 Å². The van der Waals surface area contributed by atoms with Crippen LogP contribution in [-0.2, 0) is 6.61 Å². The summed E-state index contributed by atoms with van der Waals surface area (Å²) in [7, 11) is 0. The Morgan fingerprint density at radius 2 is 1.93 bits per heavy atom. The first-order valence-electron chi connectivity index (χ1n) is 9.78. The molecule has 1 saturated heterocycles. The fourth-order valence-electron chi connectivity index (χ4n) is 3.25. The Hall–Kier alpha value is -1.92. The molecule has 1 amide bonds. The van der Waals surface area contributed by atoms with Crippen molar-refractivity contribution in [2.45, 2.75) is 46.1 Å². The minimum absolute atomic E-state index is 0.0206. The van der Waals surface area contributed by atoms with Crippen molar-refractivity contribution >= 4 is 17.2 Å². The number of ether oxygens (including phenoxy) is 1. The normalized spacial score (nSPS) is 14.4. The molecule has 0 atom stereocenters. The van der Waals surface area contributed by atoms with Gasteiger partial charge in [0.1, 0.15) is 22.2 Å². The zero-order chi connectivity index (χ0) is 19.1. The number of carbonyl (C=O) groups excluding carboxylic acids is 1. The summed E-state index contributed by atoms with van der Waals surface area (Å²) < 4.78 is 5.77. The second kappa shape index (κ2) is 9.85. The molecule has 1 aliphatic rings. The van der Waals surface area contributed by atoms with Gasteiger partial charge in [0, 0.05) is 6.54 Å². The molecule has 5 nitrogen and oxygen atoms in total. The summed E-state index contributed by atoms with van der Waals surface area (Å²) in [6.45, 7) is 8.66. The maximum Gasteiger partial charge on any atom is 0.263 e. The van der Waals surface area contributed by atoms with Gasteiger partial charge in [-0.05, 0) is 71.3 Å². The number of benzene rings is 1. The standard InChI is InChI=1S/C21H29N3O2S/c1-16-7-9-18(10-8-16)26-15-19-23-17(2)20(27-19)21(25)22-11-3-4-12-24-13-5-6-14-24/h7-10H,3-6,11-15H2,1-2H3,(H,22,25). The predicted molar refractivity (Wildman–Crippen MR) is 110 cm³/mol. The lowest BCUT2D eigenvalue weighted by atomic mass is 10.2. The van der Waals surface area contributed by atoms with Crippen molar-refractivity contribution in [1.82, 2.24) is 15.2 Å². The Balaban J connectivity index is 1.41. The molecular weight excluding hydrogens is 358 g/mol. The number of aryl methyl sites for hydroxylation is 2. The van der Waals surface area contributed by atoms with Crippen LogP contribution < -0.4 is 10.1 Å². The first kappa shape index (κ1) is 19.8. The van der Waals surface area contributed by atoms with Crippen LogP contribution in [0, 0.1) is 13.8 Å². The summed E-state index contributed by atoms with van der Waals surface area (Å²) in [5.74, 6) is 0.796. The number of nitrogens with one attached hydrogen (secondary N) is 1. The number of aromatic nitrogens is 1. The molecule has 0 saturated carbocycles. The number of nitrogens with zero attached hydrogens (tertiary/aromatic N) is 2. The van der Waals surface area contributed by atoms with E-state index in [4.69, 9.17) is 4.74 Å². The monoisotopic (exact) mass is 387 g/mol. The Kier molecular flexibility index (Phi) is 7.24. The molecule has 0 spiro atoms. The van der Waals surface area contributed by atoms with E-state index in [9.17, 15) is 4.79 Å². The molecule has 1 N–H and O–H groups in total. The molecule has 0 aliphatic carbocycles. The number of rotatable bonds is 9. The first-order valence-corrected chi connectivity index (χ1v) is 10.6. The van der Waals surface area contributed by atoms with Gasteiger partial charge in [-0.3, -0.25) is 4.79 Å². The van der Waals surface area contributed by atoms with Gasteiger partial charge < -0.3 is 15.0 Å². The van der Waals surface area contributed by atoms with E-state index in [1.54, 1.807) is 0 Å². The zero-order valence-corrected chi connectivity index (χ0v) is 17.1. The Morgan fingerprint density at radius 1 is 1.19 bits per heavy atom. The quantitative estimate of drug-likeness (QED) is 0.662. The summed E-state index contributed by atoms with van der Waals surface area (Å²) in [6.07, 6.45) is 4.82. The summed E-state index contributed by atoms with van der Waals surface area (Å²) in [5.41, 5.74) is 1.98. The Bertz CT molecular complexity index is 736. The number of hydrogen-bond donors (Lipinski definition) is 1.